The SMILES string of the molecule is CN(C1CCN(c2nc3c(Cl)cccc3s2)CC1)S(=O)(=O)C1CC1. The minimum Gasteiger partial charge on any atom is -0.348 e. The number of hydrogen-bond acceptors (Lipinski definition) is 5. The van der Waals surface area contributed by atoms with Crippen LogP contribution in [0.2, 0.25) is 5.02 Å². The molecule has 1 aromatic heterocycles. The molecular weight excluding hydrogens is 366 g/mol. The smallest absolute Gasteiger partial charge is 0.216 e. The highest BCUT2D eigenvalue weighted by atomic mass is 35.5. The fourth-order valence-corrected chi connectivity index (χ4v) is 6.41. The van der Waals surface area contributed by atoms with E-state index in [0.717, 1.165) is 54.1 Å². The van der Waals surface area contributed by atoms with Crippen LogP contribution in [0.1, 0.15) is 25.7 Å². The fourth-order valence-electron chi connectivity index (χ4n) is 3.27. The zero-order chi connectivity index (χ0) is 16.9. The van der Waals surface area contributed by atoms with Gasteiger partial charge in [0.1, 0.15) is 5.52 Å². The van der Waals surface area contributed by atoms with E-state index >= 15 is 0 Å². The lowest BCUT2D eigenvalue weighted by atomic mass is 10.1. The Bertz CT molecular complexity index is 855. The Balaban J connectivity index is 1.46. The molecule has 130 valence electrons. The Labute approximate surface area is 151 Å². The first-order chi connectivity index (χ1) is 11.5. The van der Waals surface area contributed by atoms with Gasteiger partial charge in [0.05, 0.1) is 15.0 Å². The van der Waals surface area contributed by atoms with Gasteiger partial charge in [0.25, 0.3) is 0 Å². The number of thiazole rings is 1. The monoisotopic (exact) mass is 385 g/mol. The Morgan fingerprint density at radius 1 is 1.25 bits per heavy atom. The van der Waals surface area contributed by atoms with Gasteiger partial charge in [-0.1, -0.05) is 29.0 Å². The highest BCUT2D eigenvalue weighted by molar-refractivity contribution is 7.90. The van der Waals surface area contributed by atoms with Crippen molar-refractivity contribution in [3.63, 3.8) is 0 Å². The summed E-state index contributed by atoms with van der Waals surface area (Å²) >= 11 is 7.86. The van der Waals surface area contributed by atoms with Crippen LogP contribution in [-0.2, 0) is 10.0 Å². The van der Waals surface area contributed by atoms with Gasteiger partial charge >= 0.3 is 0 Å². The fraction of sp³-hybridized carbons (Fsp3) is 0.562. The molecule has 0 atom stereocenters. The molecule has 0 spiro atoms. The molecule has 2 aromatic rings. The van der Waals surface area contributed by atoms with E-state index in [1.54, 1.807) is 22.7 Å². The van der Waals surface area contributed by atoms with Gasteiger partial charge in [-0.2, -0.15) is 0 Å². The Morgan fingerprint density at radius 3 is 2.58 bits per heavy atom. The quantitative estimate of drug-likeness (QED) is 0.809. The normalized spacial score (nSPS) is 20.2. The summed E-state index contributed by atoms with van der Waals surface area (Å²) in [5, 5.41) is 1.52. The molecule has 2 aliphatic rings. The molecule has 2 heterocycles. The average Bonchev–Trinajstić information content (AvgIpc) is 3.35. The number of halogens is 1. The van der Waals surface area contributed by atoms with Crippen LogP contribution in [0.25, 0.3) is 10.2 Å². The molecule has 1 saturated heterocycles. The van der Waals surface area contributed by atoms with Crippen molar-refractivity contribution in [1.29, 1.82) is 0 Å². The van der Waals surface area contributed by atoms with Gasteiger partial charge < -0.3 is 4.90 Å². The van der Waals surface area contributed by atoms with Crippen LogP contribution >= 0.6 is 22.9 Å². The van der Waals surface area contributed by atoms with Crippen molar-refractivity contribution in [2.75, 3.05) is 25.0 Å². The molecular formula is C16H20ClN3O2S2. The van der Waals surface area contributed by atoms with Crippen molar-refractivity contribution in [3.8, 4) is 0 Å². The second kappa shape index (κ2) is 6.12. The number of anilines is 1. The Kier molecular flexibility index (Phi) is 4.23. The molecule has 5 nitrogen and oxygen atoms in total. The summed E-state index contributed by atoms with van der Waals surface area (Å²) in [4.78, 5) is 6.92. The maximum Gasteiger partial charge on any atom is 0.216 e. The van der Waals surface area contributed by atoms with Crippen LogP contribution in [0.5, 0.6) is 0 Å². The number of fused-ring (bicyclic) bond motifs is 1. The van der Waals surface area contributed by atoms with Gasteiger partial charge in [-0.25, -0.2) is 17.7 Å². The van der Waals surface area contributed by atoms with Crippen molar-refractivity contribution in [1.82, 2.24) is 9.29 Å². The number of benzene rings is 1. The molecule has 1 aliphatic carbocycles. The van der Waals surface area contributed by atoms with Gasteiger partial charge in [0, 0.05) is 26.2 Å². The summed E-state index contributed by atoms with van der Waals surface area (Å²) in [5.74, 6) is 0. The Hall–Kier alpha value is -0.890. The largest absolute Gasteiger partial charge is 0.348 e. The zero-order valence-corrected chi connectivity index (χ0v) is 15.9. The van der Waals surface area contributed by atoms with E-state index in [1.807, 2.05) is 18.2 Å². The third-order valence-electron chi connectivity index (χ3n) is 4.95. The third-order valence-corrected chi connectivity index (χ3v) is 8.76. The minimum absolute atomic E-state index is 0.102. The second-order valence-electron chi connectivity index (χ2n) is 6.56. The molecule has 0 bridgehead atoms. The number of hydrogen-bond donors (Lipinski definition) is 0. The van der Waals surface area contributed by atoms with Crippen molar-refractivity contribution in [2.24, 2.45) is 0 Å². The Morgan fingerprint density at radius 2 is 1.96 bits per heavy atom. The first-order valence-electron chi connectivity index (χ1n) is 8.23. The number of nitrogens with zero attached hydrogens (tertiary/aromatic N) is 3. The van der Waals surface area contributed by atoms with E-state index in [0.29, 0.717) is 5.02 Å². The maximum atomic E-state index is 12.4. The van der Waals surface area contributed by atoms with Crippen molar-refractivity contribution < 1.29 is 8.42 Å². The summed E-state index contributed by atoms with van der Waals surface area (Å²) in [6.45, 7) is 1.65. The number of sulfonamides is 1. The van der Waals surface area contributed by atoms with E-state index in [2.05, 4.69) is 9.88 Å². The summed E-state index contributed by atoms with van der Waals surface area (Å²) < 4.78 is 27.5. The van der Waals surface area contributed by atoms with E-state index in [1.165, 1.54) is 0 Å². The van der Waals surface area contributed by atoms with Gasteiger partial charge in [-0.15, -0.1) is 0 Å². The molecule has 0 amide bonds. The summed E-state index contributed by atoms with van der Waals surface area (Å²) in [5.41, 5.74) is 0.856. The van der Waals surface area contributed by atoms with E-state index in [4.69, 9.17) is 11.6 Å². The van der Waals surface area contributed by atoms with Gasteiger partial charge in [-0.05, 0) is 37.8 Å². The van der Waals surface area contributed by atoms with Crippen LogP contribution < -0.4 is 4.90 Å². The van der Waals surface area contributed by atoms with Crippen molar-refractivity contribution in [3.05, 3.63) is 23.2 Å². The molecule has 0 N–H and O–H groups in total. The molecule has 24 heavy (non-hydrogen) atoms. The minimum atomic E-state index is -3.09. The number of aromatic nitrogens is 1. The van der Waals surface area contributed by atoms with E-state index in [9.17, 15) is 8.42 Å². The number of piperidine rings is 1. The van der Waals surface area contributed by atoms with Gasteiger partial charge in [0.2, 0.25) is 10.0 Å². The van der Waals surface area contributed by atoms with E-state index in [-0.39, 0.29) is 11.3 Å². The first-order valence-corrected chi connectivity index (χ1v) is 10.9. The molecule has 8 heteroatoms. The number of para-hydroxylation sites is 1. The number of rotatable bonds is 4. The molecule has 1 aliphatic heterocycles. The predicted molar refractivity (Wildman–Crippen MR) is 99.6 cm³/mol. The van der Waals surface area contributed by atoms with Crippen LogP contribution in [0, 0.1) is 0 Å². The standard InChI is InChI=1S/C16H20ClN3O2S2/c1-19(24(21,22)12-5-6-12)11-7-9-20(10-8-11)16-18-15-13(17)3-2-4-14(15)23-16/h2-4,11-12H,5-10H2,1H3. The second-order valence-corrected chi connectivity index (χ2v) is 10.3. The van der Waals surface area contributed by atoms with Crippen LogP contribution in [0.15, 0.2) is 18.2 Å². The lowest BCUT2D eigenvalue weighted by Crippen LogP contribution is -2.46. The third kappa shape index (κ3) is 2.92. The predicted octanol–water partition coefficient (Wildman–Crippen LogP) is 3.34. The summed E-state index contributed by atoms with van der Waals surface area (Å²) in [6, 6.07) is 5.93. The summed E-state index contributed by atoms with van der Waals surface area (Å²) in [7, 11) is -1.35. The molecule has 2 fully saturated rings. The molecule has 1 aromatic carbocycles. The van der Waals surface area contributed by atoms with Crippen molar-refractivity contribution in [2.45, 2.75) is 37.0 Å². The van der Waals surface area contributed by atoms with Crippen LogP contribution in [-0.4, -0.2) is 49.1 Å². The topological polar surface area (TPSA) is 53.5 Å². The van der Waals surface area contributed by atoms with Crippen molar-refractivity contribution >= 4 is 48.3 Å². The maximum absolute atomic E-state index is 12.4. The van der Waals surface area contributed by atoms with E-state index < -0.39 is 10.0 Å². The molecule has 0 radical (unpaired) electrons. The highest BCUT2D eigenvalue weighted by Crippen LogP contribution is 2.36. The highest BCUT2D eigenvalue weighted by Gasteiger charge is 2.41. The van der Waals surface area contributed by atoms with Gasteiger partial charge in [0.15, 0.2) is 5.13 Å². The zero-order valence-electron chi connectivity index (χ0n) is 13.5. The lowest BCUT2D eigenvalue weighted by Gasteiger charge is -2.36. The molecule has 4 rings (SSSR count). The first kappa shape index (κ1) is 16.6. The average molecular weight is 386 g/mol. The molecule has 0 unspecified atom stereocenters. The molecule has 1 saturated carbocycles. The van der Waals surface area contributed by atoms with Crippen LogP contribution in [0.4, 0.5) is 5.13 Å². The summed E-state index contributed by atoms with van der Waals surface area (Å²) in [6.07, 6.45) is 3.31. The van der Waals surface area contributed by atoms with Crippen LogP contribution in [0.3, 0.4) is 0 Å². The van der Waals surface area contributed by atoms with Gasteiger partial charge in [-0.3, -0.25) is 0 Å². The lowest BCUT2D eigenvalue weighted by molar-refractivity contribution is 0.311.